The number of hydrogen-bond acceptors (Lipinski definition) is 5. The highest BCUT2D eigenvalue weighted by Gasteiger charge is 2.39. The average molecular weight is 446 g/mol. The van der Waals surface area contributed by atoms with Gasteiger partial charge in [0.1, 0.15) is 0 Å². The molecule has 0 aliphatic carbocycles. The van der Waals surface area contributed by atoms with E-state index in [4.69, 9.17) is 9.47 Å². The second-order valence-electron chi connectivity index (χ2n) is 7.71. The van der Waals surface area contributed by atoms with Crippen molar-refractivity contribution in [1.82, 2.24) is 5.32 Å². The Hall–Kier alpha value is -3.44. The molecule has 1 N–H and O–H groups in total. The highest BCUT2D eigenvalue weighted by molar-refractivity contribution is 5.74. The lowest BCUT2D eigenvalue weighted by atomic mass is 9.76. The number of esters is 2. The summed E-state index contributed by atoms with van der Waals surface area (Å²) in [5, 5.41) is 3.69. The lowest BCUT2D eigenvalue weighted by molar-refractivity contribution is -0.146. The van der Waals surface area contributed by atoms with E-state index in [1.54, 1.807) is 13.8 Å². The molecule has 0 heterocycles. The van der Waals surface area contributed by atoms with Crippen LogP contribution < -0.4 is 5.32 Å². The van der Waals surface area contributed by atoms with E-state index in [0.717, 1.165) is 16.7 Å². The quantitative estimate of drug-likeness (QED) is 0.338. The van der Waals surface area contributed by atoms with Crippen LogP contribution in [-0.4, -0.2) is 31.2 Å². The molecule has 0 saturated heterocycles. The minimum Gasteiger partial charge on any atom is -0.466 e. The van der Waals surface area contributed by atoms with Crippen LogP contribution in [0.2, 0.25) is 0 Å². The molecule has 5 heteroatoms. The molecule has 172 valence electrons. The van der Waals surface area contributed by atoms with Gasteiger partial charge in [0.15, 0.2) is 0 Å². The van der Waals surface area contributed by atoms with Crippen LogP contribution in [0.3, 0.4) is 0 Å². The average Bonchev–Trinajstić information content (AvgIpc) is 2.84. The second-order valence-corrected chi connectivity index (χ2v) is 7.71. The van der Waals surface area contributed by atoms with Gasteiger partial charge < -0.3 is 9.47 Å². The minimum absolute atomic E-state index is 0.0426. The highest BCUT2D eigenvalue weighted by Crippen LogP contribution is 2.37. The standard InChI is InChI=1S/C28H31NO4/c1-3-32-26(30)20-25(21-27(31)33-4-2)29-28(22-14-8-5-9-15-22,23-16-10-6-11-17-23)24-18-12-7-13-19-24/h5-19,25,29H,3-4,20-21H2,1-2H3. The monoisotopic (exact) mass is 445 g/mol. The van der Waals surface area contributed by atoms with Gasteiger partial charge in [-0.05, 0) is 30.5 Å². The lowest BCUT2D eigenvalue weighted by Gasteiger charge is -2.40. The first-order valence-corrected chi connectivity index (χ1v) is 11.4. The molecule has 0 spiro atoms. The summed E-state index contributed by atoms with van der Waals surface area (Å²) in [6.07, 6.45) is 0.0851. The minimum atomic E-state index is -0.798. The molecule has 5 nitrogen and oxygen atoms in total. The van der Waals surface area contributed by atoms with Crippen molar-refractivity contribution in [3.63, 3.8) is 0 Å². The number of hydrogen-bond donors (Lipinski definition) is 1. The number of benzene rings is 3. The van der Waals surface area contributed by atoms with Crippen LogP contribution in [0.4, 0.5) is 0 Å². The molecule has 3 aromatic rings. The fraction of sp³-hybridized carbons (Fsp3) is 0.286. The summed E-state index contributed by atoms with van der Waals surface area (Å²) in [7, 11) is 0. The zero-order chi connectivity index (χ0) is 23.5. The van der Waals surface area contributed by atoms with Crippen molar-refractivity contribution in [3.8, 4) is 0 Å². The summed E-state index contributed by atoms with van der Waals surface area (Å²) < 4.78 is 10.4. The molecule has 0 aromatic heterocycles. The lowest BCUT2D eigenvalue weighted by Crippen LogP contribution is -2.51. The smallest absolute Gasteiger partial charge is 0.307 e. The molecule has 0 saturated carbocycles. The Morgan fingerprint density at radius 3 is 1.30 bits per heavy atom. The summed E-state index contributed by atoms with van der Waals surface area (Å²) in [6, 6.07) is 29.7. The van der Waals surface area contributed by atoms with Gasteiger partial charge in [-0.3, -0.25) is 14.9 Å². The number of nitrogens with one attached hydrogen (secondary N) is 1. The normalized spacial score (nSPS) is 11.2. The first-order chi connectivity index (χ1) is 16.1. The van der Waals surface area contributed by atoms with Gasteiger partial charge in [0, 0.05) is 6.04 Å². The highest BCUT2D eigenvalue weighted by atomic mass is 16.5. The van der Waals surface area contributed by atoms with Gasteiger partial charge in [-0.25, -0.2) is 0 Å². The van der Waals surface area contributed by atoms with Gasteiger partial charge in [0.25, 0.3) is 0 Å². The van der Waals surface area contributed by atoms with Crippen molar-refractivity contribution in [2.75, 3.05) is 13.2 Å². The molecule has 0 atom stereocenters. The predicted molar refractivity (Wildman–Crippen MR) is 129 cm³/mol. The molecule has 3 aromatic carbocycles. The van der Waals surface area contributed by atoms with Crippen LogP contribution in [0.25, 0.3) is 0 Å². The third-order valence-corrected chi connectivity index (χ3v) is 5.48. The van der Waals surface area contributed by atoms with Crippen molar-refractivity contribution < 1.29 is 19.1 Å². The molecule has 33 heavy (non-hydrogen) atoms. The van der Waals surface area contributed by atoms with E-state index >= 15 is 0 Å². The maximum absolute atomic E-state index is 12.5. The van der Waals surface area contributed by atoms with Crippen molar-refractivity contribution in [3.05, 3.63) is 108 Å². The molecular weight excluding hydrogens is 414 g/mol. The molecule has 0 bridgehead atoms. The molecule has 0 amide bonds. The third-order valence-electron chi connectivity index (χ3n) is 5.48. The zero-order valence-electron chi connectivity index (χ0n) is 19.2. The van der Waals surface area contributed by atoms with E-state index in [2.05, 4.69) is 41.7 Å². The van der Waals surface area contributed by atoms with E-state index in [1.165, 1.54) is 0 Å². The largest absolute Gasteiger partial charge is 0.466 e. The summed E-state index contributed by atoms with van der Waals surface area (Å²) in [5.41, 5.74) is 2.20. The Morgan fingerprint density at radius 1 is 0.667 bits per heavy atom. The Bertz CT molecular complexity index is 889. The zero-order valence-corrected chi connectivity index (χ0v) is 19.2. The van der Waals surface area contributed by atoms with E-state index < -0.39 is 11.6 Å². The summed E-state index contributed by atoms with van der Waals surface area (Å²) in [4.78, 5) is 24.9. The number of carbonyl (C=O) groups excluding carboxylic acids is 2. The van der Waals surface area contributed by atoms with Crippen molar-refractivity contribution in [1.29, 1.82) is 0 Å². The topological polar surface area (TPSA) is 64.6 Å². The molecule has 0 fully saturated rings. The van der Waals surface area contributed by atoms with Crippen LogP contribution in [0.1, 0.15) is 43.4 Å². The summed E-state index contributed by atoms with van der Waals surface area (Å²) in [5.74, 6) is -0.718. The predicted octanol–water partition coefficient (Wildman–Crippen LogP) is 4.84. The second kappa shape index (κ2) is 12.0. The SMILES string of the molecule is CCOC(=O)CC(CC(=O)OCC)NC(c1ccccc1)(c1ccccc1)c1ccccc1. The fourth-order valence-corrected chi connectivity index (χ4v) is 4.14. The number of carbonyl (C=O) groups is 2. The Kier molecular flexibility index (Phi) is 8.79. The first-order valence-electron chi connectivity index (χ1n) is 11.4. The van der Waals surface area contributed by atoms with Crippen molar-refractivity contribution >= 4 is 11.9 Å². The maximum atomic E-state index is 12.5. The Labute approximate surface area is 195 Å². The van der Waals surface area contributed by atoms with Gasteiger partial charge >= 0.3 is 11.9 Å². The maximum Gasteiger partial charge on any atom is 0.307 e. The number of rotatable bonds is 11. The van der Waals surface area contributed by atoms with Crippen LogP contribution in [-0.2, 0) is 24.6 Å². The van der Waals surface area contributed by atoms with Gasteiger partial charge in [-0.2, -0.15) is 0 Å². The van der Waals surface area contributed by atoms with Gasteiger partial charge in [0.2, 0.25) is 0 Å². The van der Waals surface area contributed by atoms with Crippen molar-refractivity contribution in [2.45, 2.75) is 38.3 Å². The van der Waals surface area contributed by atoms with Crippen LogP contribution in [0.15, 0.2) is 91.0 Å². The molecular formula is C28H31NO4. The third kappa shape index (κ3) is 6.08. The van der Waals surface area contributed by atoms with Crippen molar-refractivity contribution in [2.24, 2.45) is 0 Å². The van der Waals surface area contributed by atoms with E-state index in [9.17, 15) is 9.59 Å². The van der Waals surface area contributed by atoms with Crippen LogP contribution in [0.5, 0.6) is 0 Å². The number of ether oxygens (including phenoxy) is 2. The Balaban J connectivity index is 2.15. The molecule has 0 radical (unpaired) electrons. The molecule has 0 unspecified atom stereocenters. The summed E-state index contributed by atoms with van der Waals surface area (Å²) in [6.45, 7) is 4.11. The van der Waals surface area contributed by atoms with Crippen LogP contribution >= 0.6 is 0 Å². The Morgan fingerprint density at radius 2 is 1.00 bits per heavy atom. The fourth-order valence-electron chi connectivity index (χ4n) is 4.14. The molecule has 3 rings (SSSR count). The van der Waals surface area contributed by atoms with Gasteiger partial charge in [-0.15, -0.1) is 0 Å². The first kappa shape index (κ1) is 24.2. The van der Waals surface area contributed by atoms with Crippen LogP contribution in [0, 0.1) is 0 Å². The summed E-state index contributed by atoms with van der Waals surface area (Å²) >= 11 is 0. The molecule has 0 aliphatic rings. The molecule has 0 aliphatic heterocycles. The van der Waals surface area contributed by atoms with Gasteiger partial charge in [-0.1, -0.05) is 91.0 Å². The van der Waals surface area contributed by atoms with Gasteiger partial charge in [0.05, 0.1) is 31.6 Å². The van der Waals surface area contributed by atoms with E-state index in [-0.39, 0.29) is 38.0 Å². The van der Waals surface area contributed by atoms with E-state index in [1.807, 2.05) is 54.6 Å². The van der Waals surface area contributed by atoms with E-state index in [0.29, 0.717) is 0 Å².